The number of rotatable bonds is 4. The quantitative estimate of drug-likeness (QED) is 0.893. The number of fused-ring (bicyclic) bond motifs is 2. The minimum absolute atomic E-state index is 0.483. The minimum Gasteiger partial charge on any atom is -0.387 e. The number of aliphatic hydroxyl groups is 1. The maximum Gasteiger partial charge on any atom is 0.232 e. The average molecular weight is 372 g/mol. The summed E-state index contributed by atoms with van der Waals surface area (Å²) in [5.41, 5.74) is 5.34. The largest absolute Gasteiger partial charge is 0.387 e. The lowest BCUT2D eigenvalue weighted by Crippen LogP contribution is -2.34. The Labute approximate surface area is 154 Å². The van der Waals surface area contributed by atoms with Crippen LogP contribution in [0.15, 0.2) is 42.5 Å². The Morgan fingerprint density at radius 2 is 1.77 bits per heavy atom. The number of sulfonamides is 1. The molecule has 2 aromatic rings. The van der Waals surface area contributed by atoms with Crippen molar-refractivity contribution in [2.24, 2.45) is 0 Å². The summed E-state index contributed by atoms with van der Waals surface area (Å²) < 4.78 is 25.1. The van der Waals surface area contributed by atoms with E-state index < -0.39 is 16.1 Å². The van der Waals surface area contributed by atoms with Gasteiger partial charge in [-0.25, -0.2) is 8.42 Å². The second-order valence-corrected chi connectivity index (χ2v) is 9.15. The van der Waals surface area contributed by atoms with Crippen molar-refractivity contribution in [1.82, 2.24) is 4.90 Å². The van der Waals surface area contributed by atoms with Gasteiger partial charge in [0.25, 0.3) is 0 Å². The molecule has 6 heteroatoms. The molecule has 0 saturated heterocycles. The molecule has 0 bridgehead atoms. The van der Waals surface area contributed by atoms with Crippen LogP contribution in [0.4, 0.5) is 5.69 Å². The van der Waals surface area contributed by atoms with Crippen LogP contribution in [0.2, 0.25) is 0 Å². The van der Waals surface area contributed by atoms with E-state index in [1.54, 1.807) is 0 Å². The summed E-state index contributed by atoms with van der Waals surface area (Å²) in [5.74, 6) is 0. The summed E-state index contributed by atoms with van der Waals surface area (Å²) in [7, 11) is -3.24. The molecule has 138 valence electrons. The highest BCUT2D eigenvalue weighted by Crippen LogP contribution is 2.32. The standard InChI is InChI=1S/C20H24N2O3S/c1-26(24,25)22-11-9-16-12-17(6-7-19(16)22)20(23)14-21-10-8-15-4-2-3-5-18(15)13-21/h2-7,12,20,23H,8-11,13-14H2,1H3. The summed E-state index contributed by atoms with van der Waals surface area (Å²) in [6.45, 7) is 2.88. The number of anilines is 1. The number of hydrogen-bond donors (Lipinski definition) is 1. The van der Waals surface area contributed by atoms with Gasteiger partial charge in [0.05, 0.1) is 18.0 Å². The van der Waals surface area contributed by atoms with Crippen molar-refractivity contribution in [2.45, 2.75) is 25.5 Å². The molecule has 2 aromatic carbocycles. The van der Waals surface area contributed by atoms with E-state index in [1.807, 2.05) is 18.2 Å². The molecule has 2 aliphatic heterocycles. The zero-order valence-electron chi connectivity index (χ0n) is 14.9. The Bertz CT molecular complexity index is 926. The smallest absolute Gasteiger partial charge is 0.232 e. The molecule has 0 fully saturated rings. The third kappa shape index (κ3) is 3.37. The molecule has 4 rings (SSSR count). The van der Waals surface area contributed by atoms with Gasteiger partial charge in [0.1, 0.15) is 0 Å². The molecule has 0 aromatic heterocycles. The van der Waals surface area contributed by atoms with E-state index in [0.29, 0.717) is 19.5 Å². The SMILES string of the molecule is CS(=O)(=O)N1CCc2cc(C(O)CN3CCc4ccccc4C3)ccc21. The van der Waals surface area contributed by atoms with E-state index in [1.165, 1.54) is 21.7 Å². The number of nitrogens with zero attached hydrogens (tertiary/aromatic N) is 2. The molecule has 0 aliphatic carbocycles. The Morgan fingerprint density at radius 1 is 1.04 bits per heavy atom. The fraction of sp³-hybridized carbons (Fsp3) is 0.400. The Morgan fingerprint density at radius 3 is 2.54 bits per heavy atom. The maximum absolute atomic E-state index is 11.8. The molecule has 2 aliphatic rings. The van der Waals surface area contributed by atoms with Gasteiger partial charge in [-0.1, -0.05) is 36.4 Å². The highest BCUT2D eigenvalue weighted by Gasteiger charge is 2.27. The molecule has 0 radical (unpaired) electrons. The number of aliphatic hydroxyl groups excluding tert-OH is 1. The molecule has 26 heavy (non-hydrogen) atoms. The second kappa shape index (κ2) is 6.68. The summed E-state index contributed by atoms with van der Waals surface area (Å²) in [5, 5.41) is 10.7. The van der Waals surface area contributed by atoms with E-state index in [4.69, 9.17) is 0 Å². The van der Waals surface area contributed by atoms with Gasteiger partial charge < -0.3 is 5.11 Å². The maximum atomic E-state index is 11.8. The second-order valence-electron chi connectivity index (χ2n) is 7.24. The molecule has 1 unspecified atom stereocenters. The van der Waals surface area contributed by atoms with Gasteiger partial charge in [-0.15, -0.1) is 0 Å². The molecule has 0 spiro atoms. The first-order chi connectivity index (χ1) is 12.4. The third-order valence-corrected chi connectivity index (χ3v) is 6.56. The van der Waals surface area contributed by atoms with Crippen LogP contribution in [0, 0.1) is 0 Å². The fourth-order valence-electron chi connectivity index (χ4n) is 4.00. The van der Waals surface area contributed by atoms with Crippen molar-refractivity contribution >= 4 is 15.7 Å². The van der Waals surface area contributed by atoms with E-state index in [0.717, 1.165) is 36.3 Å². The zero-order valence-corrected chi connectivity index (χ0v) is 15.7. The summed E-state index contributed by atoms with van der Waals surface area (Å²) in [4.78, 5) is 2.28. The number of benzene rings is 2. The number of hydrogen-bond acceptors (Lipinski definition) is 4. The van der Waals surface area contributed by atoms with Crippen molar-refractivity contribution in [1.29, 1.82) is 0 Å². The van der Waals surface area contributed by atoms with Crippen LogP contribution in [0.3, 0.4) is 0 Å². The van der Waals surface area contributed by atoms with Crippen molar-refractivity contribution in [2.75, 3.05) is 30.2 Å². The van der Waals surface area contributed by atoms with E-state index in [2.05, 4.69) is 29.2 Å². The fourth-order valence-corrected chi connectivity index (χ4v) is 4.96. The van der Waals surface area contributed by atoms with Crippen LogP contribution >= 0.6 is 0 Å². The van der Waals surface area contributed by atoms with E-state index >= 15 is 0 Å². The van der Waals surface area contributed by atoms with Gasteiger partial charge in [-0.3, -0.25) is 9.21 Å². The van der Waals surface area contributed by atoms with Crippen molar-refractivity contribution in [3.63, 3.8) is 0 Å². The summed E-state index contributed by atoms with van der Waals surface area (Å²) >= 11 is 0. The van der Waals surface area contributed by atoms with E-state index in [9.17, 15) is 13.5 Å². The van der Waals surface area contributed by atoms with Crippen LogP contribution in [-0.4, -0.2) is 44.3 Å². The van der Waals surface area contributed by atoms with Gasteiger partial charge in [-0.05, 0) is 41.2 Å². The molecule has 5 nitrogen and oxygen atoms in total. The monoisotopic (exact) mass is 372 g/mol. The first-order valence-electron chi connectivity index (χ1n) is 8.99. The van der Waals surface area contributed by atoms with Crippen LogP contribution in [0.1, 0.15) is 28.4 Å². The van der Waals surface area contributed by atoms with Crippen LogP contribution in [0.5, 0.6) is 0 Å². The van der Waals surface area contributed by atoms with Crippen LogP contribution < -0.4 is 4.31 Å². The number of β-amino-alcohol motifs (C(OH)–C–C–N with tert-alkyl or cyclic N) is 1. The summed E-state index contributed by atoms with van der Waals surface area (Å²) in [6, 6.07) is 14.1. The normalized spacial score (nSPS) is 18.5. The Balaban J connectivity index is 1.47. The topological polar surface area (TPSA) is 60.9 Å². The van der Waals surface area contributed by atoms with Gasteiger partial charge in [0.15, 0.2) is 0 Å². The molecule has 1 atom stereocenters. The summed E-state index contributed by atoms with van der Waals surface area (Å²) in [6.07, 6.45) is 2.37. The van der Waals surface area contributed by atoms with Crippen molar-refractivity contribution < 1.29 is 13.5 Å². The lowest BCUT2D eigenvalue weighted by Gasteiger charge is -2.30. The van der Waals surface area contributed by atoms with E-state index in [-0.39, 0.29) is 0 Å². The van der Waals surface area contributed by atoms with Crippen molar-refractivity contribution in [3.8, 4) is 0 Å². The third-order valence-electron chi connectivity index (χ3n) is 5.38. The van der Waals surface area contributed by atoms with Crippen LogP contribution in [-0.2, 0) is 29.4 Å². The lowest BCUT2D eigenvalue weighted by molar-refractivity contribution is 0.106. The van der Waals surface area contributed by atoms with Crippen molar-refractivity contribution in [3.05, 3.63) is 64.7 Å². The average Bonchev–Trinajstić information content (AvgIpc) is 3.05. The van der Waals surface area contributed by atoms with Gasteiger partial charge in [-0.2, -0.15) is 0 Å². The highest BCUT2D eigenvalue weighted by molar-refractivity contribution is 7.92. The first-order valence-corrected chi connectivity index (χ1v) is 10.8. The molecule has 0 saturated carbocycles. The predicted molar refractivity (Wildman–Crippen MR) is 103 cm³/mol. The molecule has 2 heterocycles. The lowest BCUT2D eigenvalue weighted by atomic mass is 9.98. The van der Waals surface area contributed by atoms with Crippen LogP contribution in [0.25, 0.3) is 0 Å². The van der Waals surface area contributed by atoms with Gasteiger partial charge in [0, 0.05) is 26.2 Å². The molecule has 0 amide bonds. The molecule has 1 N–H and O–H groups in total. The minimum atomic E-state index is -3.24. The highest BCUT2D eigenvalue weighted by atomic mass is 32.2. The molecular weight excluding hydrogens is 348 g/mol. The van der Waals surface area contributed by atoms with Gasteiger partial charge in [0.2, 0.25) is 10.0 Å². The molecular formula is C20H24N2O3S. The Kier molecular flexibility index (Phi) is 4.50. The predicted octanol–water partition coefficient (Wildman–Crippen LogP) is 2.10. The first kappa shape index (κ1) is 17.5. The Hall–Kier alpha value is -1.89. The zero-order chi connectivity index (χ0) is 18.3. The van der Waals surface area contributed by atoms with Gasteiger partial charge >= 0.3 is 0 Å².